The largest absolute Gasteiger partial charge is 0.477 e. The number of hydrogen-bond acceptors (Lipinski definition) is 7. The van der Waals surface area contributed by atoms with Gasteiger partial charge in [0.25, 0.3) is 10.0 Å². The van der Waals surface area contributed by atoms with Gasteiger partial charge in [-0.3, -0.25) is 4.79 Å². The summed E-state index contributed by atoms with van der Waals surface area (Å²) in [5.41, 5.74) is 4.78. The molecule has 196 valence electrons. The molecule has 9 heteroatoms. The first kappa shape index (κ1) is 27.0. The Bertz CT molecular complexity index is 1500. The number of ether oxygens (including phenoxy) is 1. The lowest BCUT2D eigenvalue weighted by molar-refractivity contribution is 0.112. The Morgan fingerprint density at radius 3 is 2.32 bits per heavy atom. The molecule has 4 rings (SSSR count). The molecule has 0 amide bonds. The van der Waals surface area contributed by atoms with Crippen molar-refractivity contribution < 1.29 is 17.9 Å². The van der Waals surface area contributed by atoms with E-state index in [-0.39, 0.29) is 28.3 Å². The molecule has 0 bridgehead atoms. The standard InChI is InChI=1S/C29H30N4O4S/c1-20-9-7-10-21(2)28(20)26-18-27(37-16-15-25(30-3)23-12-5-4-6-13-23)32-29(31-26)33-38(35,36)24-14-8-11-22(17-24)19-34/h4-14,17-19,25,30H,15-16H2,1-3H3,(H,31,32,33)/t25-/m1/s1. The summed E-state index contributed by atoms with van der Waals surface area (Å²) in [5, 5.41) is 3.30. The van der Waals surface area contributed by atoms with Gasteiger partial charge in [-0.1, -0.05) is 60.7 Å². The van der Waals surface area contributed by atoms with Gasteiger partial charge in [-0.15, -0.1) is 0 Å². The quantitative estimate of drug-likeness (QED) is 0.260. The Morgan fingerprint density at radius 1 is 0.921 bits per heavy atom. The zero-order chi connectivity index (χ0) is 27.1. The molecule has 0 aliphatic carbocycles. The van der Waals surface area contributed by atoms with Gasteiger partial charge in [0.05, 0.1) is 17.2 Å². The molecule has 0 aliphatic heterocycles. The summed E-state index contributed by atoms with van der Waals surface area (Å²) in [6, 6.07) is 23.5. The fraction of sp³-hybridized carbons (Fsp3) is 0.207. The van der Waals surface area contributed by atoms with E-state index in [1.165, 1.54) is 24.3 Å². The number of benzene rings is 3. The van der Waals surface area contributed by atoms with Crippen LogP contribution in [0.15, 0.2) is 83.8 Å². The van der Waals surface area contributed by atoms with E-state index in [1.807, 2.05) is 57.3 Å². The minimum atomic E-state index is -4.06. The molecular formula is C29H30N4O4S. The maximum atomic E-state index is 13.1. The molecule has 2 N–H and O–H groups in total. The summed E-state index contributed by atoms with van der Waals surface area (Å²) < 4.78 is 34.7. The highest BCUT2D eigenvalue weighted by molar-refractivity contribution is 7.92. The van der Waals surface area contributed by atoms with Gasteiger partial charge in [0.1, 0.15) is 6.29 Å². The van der Waals surface area contributed by atoms with E-state index in [2.05, 4.69) is 32.1 Å². The highest BCUT2D eigenvalue weighted by atomic mass is 32.2. The predicted molar refractivity (Wildman–Crippen MR) is 148 cm³/mol. The molecule has 0 spiro atoms. The molecule has 1 aromatic heterocycles. The summed E-state index contributed by atoms with van der Waals surface area (Å²) in [5.74, 6) is 0.129. The van der Waals surface area contributed by atoms with Crippen molar-refractivity contribution in [3.8, 4) is 17.1 Å². The number of carbonyl (C=O) groups excluding carboxylic acids is 1. The van der Waals surface area contributed by atoms with Crippen LogP contribution in [0, 0.1) is 13.8 Å². The van der Waals surface area contributed by atoms with Crippen LogP contribution < -0.4 is 14.8 Å². The molecule has 1 atom stereocenters. The van der Waals surface area contributed by atoms with Crippen LogP contribution in [0.2, 0.25) is 0 Å². The molecule has 0 saturated heterocycles. The van der Waals surface area contributed by atoms with E-state index in [0.29, 0.717) is 25.0 Å². The Hall–Kier alpha value is -4.08. The fourth-order valence-electron chi connectivity index (χ4n) is 4.27. The third kappa shape index (κ3) is 6.42. The Morgan fingerprint density at radius 2 is 1.63 bits per heavy atom. The van der Waals surface area contributed by atoms with E-state index in [4.69, 9.17) is 4.74 Å². The van der Waals surface area contributed by atoms with Crippen molar-refractivity contribution in [3.05, 3.63) is 101 Å². The van der Waals surface area contributed by atoms with Gasteiger partial charge in [-0.2, -0.15) is 4.98 Å². The van der Waals surface area contributed by atoms with Gasteiger partial charge in [-0.05, 0) is 49.7 Å². The lowest BCUT2D eigenvalue weighted by Gasteiger charge is -2.17. The predicted octanol–water partition coefficient (Wildman–Crippen LogP) is 5.10. The van der Waals surface area contributed by atoms with Crippen LogP contribution >= 0.6 is 0 Å². The van der Waals surface area contributed by atoms with E-state index < -0.39 is 10.0 Å². The van der Waals surface area contributed by atoms with Gasteiger partial charge >= 0.3 is 0 Å². The summed E-state index contributed by atoms with van der Waals surface area (Å²) in [7, 11) is -2.16. The van der Waals surface area contributed by atoms with Crippen molar-refractivity contribution in [2.45, 2.75) is 31.2 Å². The van der Waals surface area contributed by atoms with E-state index >= 15 is 0 Å². The number of hydrogen-bond donors (Lipinski definition) is 2. The topological polar surface area (TPSA) is 110 Å². The highest BCUT2D eigenvalue weighted by Gasteiger charge is 2.19. The van der Waals surface area contributed by atoms with E-state index in [9.17, 15) is 13.2 Å². The molecule has 0 radical (unpaired) electrons. The first-order valence-electron chi connectivity index (χ1n) is 12.2. The highest BCUT2D eigenvalue weighted by Crippen LogP contribution is 2.29. The van der Waals surface area contributed by atoms with Crippen LogP contribution in [-0.2, 0) is 10.0 Å². The fourth-order valence-corrected chi connectivity index (χ4v) is 5.27. The third-order valence-corrected chi connectivity index (χ3v) is 7.50. The van der Waals surface area contributed by atoms with Crippen LogP contribution in [0.1, 0.15) is 39.5 Å². The molecule has 0 aliphatic rings. The molecular weight excluding hydrogens is 500 g/mol. The van der Waals surface area contributed by atoms with E-state index in [0.717, 1.165) is 22.3 Å². The minimum Gasteiger partial charge on any atom is -0.477 e. The molecule has 4 aromatic rings. The Kier molecular flexibility index (Phi) is 8.50. The normalized spacial score (nSPS) is 12.1. The van der Waals surface area contributed by atoms with Gasteiger partial charge in [0, 0.05) is 29.7 Å². The maximum Gasteiger partial charge on any atom is 0.264 e. The molecule has 0 unspecified atom stereocenters. The molecule has 1 heterocycles. The zero-order valence-electron chi connectivity index (χ0n) is 21.5. The number of carbonyl (C=O) groups is 1. The van der Waals surface area contributed by atoms with E-state index in [1.54, 1.807) is 6.07 Å². The first-order valence-corrected chi connectivity index (χ1v) is 13.7. The smallest absolute Gasteiger partial charge is 0.264 e. The van der Waals surface area contributed by atoms with Crippen molar-refractivity contribution in [3.63, 3.8) is 0 Å². The second-order valence-electron chi connectivity index (χ2n) is 8.87. The van der Waals surface area contributed by atoms with Crippen molar-refractivity contribution in [2.24, 2.45) is 0 Å². The van der Waals surface area contributed by atoms with Crippen molar-refractivity contribution in [1.29, 1.82) is 0 Å². The molecule has 3 aromatic carbocycles. The number of sulfonamides is 1. The summed E-state index contributed by atoms with van der Waals surface area (Å²) in [6.07, 6.45) is 1.26. The SMILES string of the molecule is CN[C@H](CCOc1cc(-c2c(C)cccc2C)nc(NS(=O)(=O)c2cccc(C=O)c2)n1)c1ccccc1. The van der Waals surface area contributed by atoms with Crippen LogP contribution in [0.5, 0.6) is 5.88 Å². The number of nitrogens with zero attached hydrogens (tertiary/aromatic N) is 2. The number of nitrogens with one attached hydrogen (secondary N) is 2. The molecule has 8 nitrogen and oxygen atoms in total. The van der Waals surface area contributed by atoms with Gasteiger partial charge in [0.15, 0.2) is 0 Å². The maximum absolute atomic E-state index is 13.1. The molecule has 0 saturated carbocycles. The summed E-state index contributed by atoms with van der Waals surface area (Å²) >= 11 is 0. The Labute approximate surface area is 223 Å². The number of anilines is 1. The minimum absolute atomic E-state index is 0.0645. The van der Waals surface area contributed by atoms with Crippen molar-refractivity contribution in [2.75, 3.05) is 18.4 Å². The summed E-state index contributed by atoms with van der Waals surface area (Å²) in [6.45, 7) is 4.28. The number of aromatic nitrogens is 2. The monoisotopic (exact) mass is 530 g/mol. The first-order chi connectivity index (χ1) is 18.3. The van der Waals surface area contributed by atoms with Crippen molar-refractivity contribution >= 4 is 22.3 Å². The van der Waals surface area contributed by atoms with Gasteiger partial charge < -0.3 is 10.1 Å². The van der Waals surface area contributed by atoms with Crippen LogP contribution in [-0.4, -0.2) is 38.3 Å². The summed E-state index contributed by atoms with van der Waals surface area (Å²) in [4.78, 5) is 20.0. The molecule has 0 fully saturated rings. The van der Waals surface area contributed by atoms with Crippen LogP contribution in [0.4, 0.5) is 5.95 Å². The van der Waals surface area contributed by atoms with Gasteiger partial charge in [0.2, 0.25) is 11.8 Å². The second-order valence-corrected chi connectivity index (χ2v) is 10.5. The van der Waals surface area contributed by atoms with Gasteiger partial charge in [-0.25, -0.2) is 18.1 Å². The number of rotatable bonds is 11. The lowest BCUT2D eigenvalue weighted by Crippen LogP contribution is -2.19. The third-order valence-electron chi connectivity index (χ3n) is 6.18. The number of aryl methyl sites for hydroxylation is 2. The van der Waals surface area contributed by atoms with Crippen LogP contribution in [0.25, 0.3) is 11.3 Å². The average Bonchev–Trinajstić information content (AvgIpc) is 2.91. The lowest BCUT2D eigenvalue weighted by atomic mass is 10.00. The molecule has 38 heavy (non-hydrogen) atoms. The number of aldehydes is 1. The zero-order valence-corrected chi connectivity index (χ0v) is 22.3. The average molecular weight is 531 g/mol. The Balaban J connectivity index is 1.65. The van der Waals surface area contributed by atoms with Crippen molar-refractivity contribution in [1.82, 2.24) is 15.3 Å². The van der Waals surface area contributed by atoms with Crippen LogP contribution in [0.3, 0.4) is 0 Å². The second kappa shape index (κ2) is 12.0.